The van der Waals surface area contributed by atoms with E-state index in [1.165, 1.54) is 34.4 Å². The summed E-state index contributed by atoms with van der Waals surface area (Å²) in [6.45, 7) is 7.87. The molecule has 0 spiro atoms. The third-order valence-corrected chi connectivity index (χ3v) is 7.54. The molecule has 11 heteroatoms. The average molecular weight is 526 g/mol. The molecule has 0 atom stereocenters. The van der Waals surface area contributed by atoms with Crippen LogP contribution in [-0.4, -0.2) is 33.3 Å². The van der Waals surface area contributed by atoms with E-state index < -0.39 is 0 Å². The van der Waals surface area contributed by atoms with Gasteiger partial charge in [-0.1, -0.05) is 35.5 Å². The van der Waals surface area contributed by atoms with Gasteiger partial charge < -0.3 is 9.84 Å². The lowest BCUT2D eigenvalue weighted by Gasteiger charge is -2.14. The highest BCUT2D eigenvalue weighted by molar-refractivity contribution is 7.98. The van der Waals surface area contributed by atoms with Crippen LogP contribution >= 0.6 is 46.0 Å². The van der Waals surface area contributed by atoms with Crippen LogP contribution in [0.15, 0.2) is 46.4 Å². The summed E-state index contributed by atoms with van der Waals surface area (Å²) in [4.78, 5) is 17.6. The first-order valence-electron chi connectivity index (χ1n) is 9.95. The topological polar surface area (TPSA) is 96.3 Å². The average Bonchev–Trinajstić information content (AvgIpc) is 3.55. The van der Waals surface area contributed by atoms with E-state index in [1.807, 2.05) is 29.6 Å². The molecule has 1 N–H and O–H groups in total. The fourth-order valence-electron chi connectivity index (χ4n) is 3.00. The third-order valence-electron chi connectivity index (χ3n) is 4.55. The summed E-state index contributed by atoms with van der Waals surface area (Å²) in [5.74, 6) is 0.634. The largest absolute Gasteiger partial charge is 0.486 e. The molecule has 0 amide bonds. The number of thiazole rings is 2. The number of nitriles is 1. The Bertz CT molecular complexity index is 1360. The number of benzene rings is 1. The van der Waals surface area contributed by atoms with Crippen molar-refractivity contribution < 1.29 is 9.84 Å². The van der Waals surface area contributed by atoms with Crippen LogP contribution in [-0.2, 0) is 5.75 Å². The maximum Gasteiger partial charge on any atom is 0.256 e. The van der Waals surface area contributed by atoms with E-state index in [-0.39, 0.29) is 24.8 Å². The number of rotatable bonds is 9. The Hall–Kier alpha value is -2.99. The van der Waals surface area contributed by atoms with Crippen molar-refractivity contribution in [3.63, 3.8) is 0 Å². The fourth-order valence-corrected chi connectivity index (χ4v) is 5.60. The Balaban J connectivity index is 1.66. The Kier molecular flexibility index (Phi) is 8.12. The normalized spacial score (nSPS) is 10.6. The maximum absolute atomic E-state index is 9.98. The van der Waals surface area contributed by atoms with Gasteiger partial charge in [0.1, 0.15) is 16.1 Å². The predicted molar refractivity (Wildman–Crippen MR) is 136 cm³/mol. The molecule has 0 unspecified atom stereocenters. The molecule has 3 aromatic heterocycles. The molecule has 34 heavy (non-hydrogen) atoms. The molecule has 0 aliphatic rings. The van der Waals surface area contributed by atoms with Crippen LogP contribution in [0.5, 0.6) is 5.88 Å². The molecule has 0 fully saturated rings. The van der Waals surface area contributed by atoms with Gasteiger partial charge in [0, 0.05) is 51.4 Å². The highest BCUT2D eigenvalue weighted by atomic mass is 35.5. The highest BCUT2D eigenvalue weighted by Gasteiger charge is 2.24. The number of nitrogens with zero attached hydrogens (tertiary/aromatic N) is 5. The zero-order valence-corrected chi connectivity index (χ0v) is 20.8. The Morgan fingerprint density at radius 3 is 2.74 bits per heavy atom. The van der Waals surface area contributed by atoms with Crippen LogP contribution in [0.1, 0.15) is 17.7 Å². The number of aliphatic hydroxyl groups is 1. The standard InChI is InChI=1S/C23H16ClN5O2S3/c1-26-20-19(18-10-27-13-34-18)17(9-25)23(29-21(20)31-8-2-7-30)33-12-16-11-32-22(28-16)14-3-5-15(24)6-4-14/h3-6,10-11,13,30H,2,7-8,12H2. The number of hydrogen-bond acceptors (Lipinski definition) is 9. The van der Waals surface area contributed by atoms with E-state index in [4.69, 9.17) is 33.0 Å². The quantitative estimate of drug-likeness (QED) is 0.152. The molecular weight excluding hydrogens is 510 g/mol. The first-order chi connectivity index (χ1) is 16.6. The lowest BCUT2D eigenvalue weighted by molar-refractivity contribution is 0.229. The van der Waals surface area contributed by atoms with Crippen molar-refractivity contribution in [2.75, 3.05) is 13.2 Å². The Morgan fingerprint density at radius 1 is 1.24 bits per heavy atom. The summed E-state index contributed by atoms with van der Waals surface area (Å²) < 4.78 is 5.72. The van der Waals surface area contributed by atoms with Crippen LogP contribution in [0.4, 0.5) is 5.69 Å². The van der Waals surface area contributed by atoms with Gasteiger partial charge in [-0.05, 0) is 12.1 Å². The lowest BCUT2D eigenvalue weighted by Crippen LogP contribution is -2.04. The van der Waals surface area contributed by atoms with Gasteiger partial charge in [-0.3, -0.25) is 4.98 Å². The van der Waals surface area contributed by atoms with Crippen LogP contribution in [0.25, 0.3) is 25.9 Å². The van der Waals surface area contributed by atoms with Gasteiger partial charge in [-0.2, -0.15) is 5.26 Å². The van der Waals surface area contributed by atoms with Gasteiger partial charge in [-0.15, -0.1) is 22.7 Å². The minimum atomic E-state index is -0.0350. The van der Waals surface area contributed by atoms with Crippen molar-refractivity contribution in [2.24, 2.45) is 0 Å². The number of thioether (sulfide) groups is 1. The Morgan fingerprint density at radius 2 is 2.06 bits per heavy atom. The summed E-state index contributed by atoms with van der Waals surface area (Å²) in [7, 11) is 0. The number of hydrogen-bond donors (Lipinski definition) is 1. The zero-order valence-electron chi connectivity index (χ0n) is 17.6. The number of halogens is 1. The summed E-state index contributed by atoms with van der Waals surface area (Å²) >= 11 is 10.2. The first-order valence-corrected chi connectivity index (χ1v) is 13.1. The van der Waals surface area contributed by atoms with E-state index in [9.17, 15) is 5.26 Å². The van der Waals surface area contributed by atoms with Crippen molar-refractivity contribution in [1.29, 1.82) is 5.26 Å². The first kappa shape index (κ1) is 24.1. The molecule has 0 aliphatic heterocycles. The summed E-state index contributed by atoms with van der Waals surface area (Å²) in [6, 6.07) is 9.72. The van der Waals surface area contributed by atoms with Crippen molar-refractivity contribution in [1.82, 2.24) is 15.0 Å². The molecule has 0 radical (unpaired) electrons. The van der Waals surface area contributed by atoms with Crippen LogP contribution in [0.2, 0.25) is 5.02 Å². The van der Waals surface area contributed by atoms with Gasteiger partial charge >= 0.3 is 0 Å². The molecule has 0 aliphatic carbocycles. The van der Waals surface area contributed by atoms with Gasteiger partial charge in [0.25, 0.3) is 5.69 Å². The highest BCUT2D eigenvalue weighted by Crippen LogP contribution is 2.45. The summed E-state index contributed by atoms with van der Waals surface area (Å²) in [5.41, 5.74) is 4.43. The van der Waals surface area contributed by atoms with Crippen molar-refractivity contribution in [2.45, 2.75) is 17.2 Å². The van der Waals surface area contributed by atoms with Crippen molar-refractivity contribution in [3.05, 3.63) is 69.1 Å². The van der Waals surface area contributed by atoms with Gasteiger partial charge in [0.15, 0.2) is 0 Å². The van der Waals surface area contributed by atoms with E-state index in [0.29, 0.717) is 38.2 Å². The number of aromatic nitrogens is 3. The van der Waals surface area contributed by atoms with Crippen LogP contribution in [0.3, 0.4) is 0 Å². The number of aliphatic hydroxyl groups excluding tert-OH is 1. The van der Waals surface area contributed by atoms with Gasteiger partial charge in [0.05, 0.1) is 29.9 Å². The monoisotopic (exact) mass is 525 g/mol. The molecule has 4 rings (SSSR count). The smallest absolute Gasteiger partial charge is 0.256 e. The second kappa shape index (κ2) is 11.4. The molecule has 0 bridgehead atoms. The molecule has 0 saturated carbocycles. The second-order valence-electron chi connectivity index (χ2n) is 6.78. The molecule has 3 heterocycles. The summed E-state index contributed by atoms with van der Waals surface area (Å²) in [6.07, 6.45) is 2.03. The Labute approximate surface area is 213 Å². The molecule has 4 aromatic rings. The van der Waals surface area contributed by atoms with Crippen molar-refractivity contribution >= 4 is 51.7 Å². The summed E-state index contributed by atoms with van der Waals surface area (Å²) in [5, 5.41) is 23.0. The number of pyridine rings is 1. The minimum Gasteiger partial charge on any atom is -0.486 e. The van der Waals surface area contributed by atoms with Crippen LogP contribution < -0.4 is 4.74 Å². The third kappa shape index (κ3) is 5.39. The van der Waals surface area contributed by atoms with E-state index in [0.717, 1.165) is 16.3 Å². The number of ether oxygens (including phenoxy) is 1. The maximum atomic E-state index is 9.98. The van der Waals surface area contributed by atoms with Crippen LogP contribution in [0, 0.1) is 17.9 Å². The van der Waals surface area contributed by atoms with E-state index >= 15 is 0 Å². The predicted octanol–water partition coefficient (Wildman–Crippen LogP) is 6.46. The lowest BCUT2D eigenvalue weighted by atomic mass is 10.1. The minimum absolute atomic E-state index is 0.0350. The van der Waals surface area contributed by atoms with E-state index in [2.05, 4.69) is 20.9 Å². The van der Waals surface area contributed by atoms with E-state index in [1.54, 1.807) is 11.7 Å². The van der Waals surface area contributed by atoms with Crippen molar-refractivity contribution in [3.8, 4) is 33.0 Å². The van der Waals surface area contributed by atoms with Gasteiger partial charge in [0.2, 0.25) is 5.88 Å². The molecule has 170 valence electrons. The molecular formula is C23H16ClN5O2S3. The SMILES string of the molecule is [C-]#[N+]c1c(OCCCO)nc(SCc2csc(-c3ccc(Cl)cc3)n2)c(C#N)c1-c1cncs1. The van der Waals surface area contributed by atoms with Gasteiger partial charge in [-0.25, -0.2) is 14.8 Å². The zero-order chi connectivity index (χ0) is 23.9. The molecule has 7 nitrogen and oxygen atoms in total. The molecule has 0 saturated heterocycles. The molecule has 1 aromatic carbocycles. The second-order valence-corrected chi connectivity index (χ2v) is 9.92. The fraction of sp³-hybridized carbons (Fsp3) is 0.174.